The van der Waals surface area contributed by atoms with E-state index in [1.54, 1.807) is 0 Å². The Hall–Kier alpha value is -3.15. The number of rotatable bonds is 8. The fourth-order valence-corrected chi connectivity index (χ4v) is 3.09. The maximum Gasteiger partial charge on any atom is 0.303 e. The molecule has 6 heteroatoms. The molecular formula is C21H23N3O3. The molecule has 2 aromatic carbocycles. The average molecular weight is 365 g/mol. The molecule has 0 radical (unpaired) electrons. The zero-order chi connectivity index (χ0) is 19.2. The van der Waals surface area contributed by atoms with Gasteiger partial charge in [0, 0.05) is 31.0 Å². The minimum absolute atomic E-state index is 0.0469. The average Bonchev–Trinajstić information content (AvgIpc) is 3.04. The van der Waals surface area contributed by atoms with Crippen molar-refractivity contribution in [2.45, 2.75) is 38.6 Å². The van der Waals surface area contributed by atoms with Crippen LogP contribution in [0.2, 0.25) is 0 Å². The third kappa shape index (κ3) is 4.73. The van der Waals surface area contributed by atoms with Crippen molar-refractivity contribution in [3.8, 4) is 5.69 Å². The lowest BCUT2D eigenvalue weighted by molar-refractivity contribution is -0.137. The van der Waals surface area contributed by atoms with Crippen molar-refractivity contribution in [1.29, 1.82) is 0 Å². The van der Waals surface area contributed by atoms with Gasteiger partial charge in [0.15, 0.2) is 0 Å². The monoisotopic (exact) mass is 365 g/mol. The lowest BCUT2D eigenvalue weighted by Gasteiger charge is -2.13. The fourth-order valence-electron chi connectivity index (χ4n) is 3.09. The minimum atomic E-state index is -0.854. The van der Waals surface area contributed by atoms with Gasteiger partial charge in [-0.05, 0) is 37.6 Å². The van der Waals surface area contributed by atoms with E-state index in [0.717, 1.165) is 22.5 Å². The van der Waals surface area contributed by atoms with E-state index in [4.69, 9.17) is 10.1 Å². The molecule has 0 aliphatic rings. The SMILES string of the molecule is CC(CCC(=O)O)NC(=O)CCc1nc2ccccc2n1-c1ccccc1. The molecule has 1 unspecified atom stereocenters. The van der Waals surface area contributed by atoms with E-state index in [9.17, 15) is 9.59 Å². The van der Waals surface area contributed by atoms with Crippen LogP contribution in [-0.4, -0.2) is 32.6 Å². The second kappa shape index (κ2) is 8.49. The van der Waals surface area contributed by atoms with Crippen molar-refractivity contribution in [2.75, 3.05) is 0 Å². The number of nitrogens with one attached hydrogen (secondary N) is 1. The number of carboxylic acids is 1. The molecule has 140 valence electrons. The Kier molecular flexibility index (Phi) is 5.86. The van der Waals surface area contributed by atoms with E-state index in [-0.39, 0.29) is 18.4 Å². The van der Waals surface area contributed by atoms with E-state index >= 15 is 0 Å². The van der Waals surface area contributed by atoms with Crippen LogP contribution in [-0.2, 0) is 16.0 Å². The molecule has 0 aliphatic heterocycles. The molecule has 27 heavy (non-hydrogen) atoms. The van der Waals surface area contributed by atoms with Crippen LogP contribution >= 0.6 is 0 Å². The number of aryl methyl sites for hydroxylation is 1. The summed E-state index contributed by atoms with van der Waals surface area (Å²) in [4.78, 5) is 27.6. The van der Waals surface area contributed by atoms with E-state index in [2.05, 4.69) is 9.88 Å². The summed E-state index contributed by atoms with van der Waals surface area (Å²) in [5.41, 5.74) is 2.91. The van der Waals surface area contributed by atoms with Gasteiger partial charge in [0.2, 0.25) is 5.91 Å². The Bertz CT molecular complexity index is 934. The minimum Gasteiger partial charge on any atom is -0.481 e. The predicted octanol–water partition coefficient (Wildman–Crippen LogP) is 3.33. The zero-order valence-corrected chi connectivity index (χ0v) is 15.3. The number of imidazole rings is 1. The number of hydrogen-bond donors (Lipinski definition) is 2. The molecular weight excluding hydrogens is 342 g/mol. The van der Waals surface area contributed by atoms with Gasteiger partial charge in [-0.1, -0.05) is 30.3 Å². The van der Waals surface area contributed by atoms with Crippen LogP contribution in [0, 0.1) is 0 Å². The smallest absolute Gasteiger partial charge is 0.303 e. The Balaban J connectivity index is 1.73. The quantitative estimate of drug-likeness (QED) is 0.641. The Labute approximate surface area is 157 Å². The summed E-state index contributed by atoms with van der Waals surface area (Å²) in [5.74, 6) is -0.122. The second-order valence-corrected chi connectivity index (χ2v) is 6.59. The molecule has 1 atom stereocenters. The number of carbonyl (C=O) groups excluding carboxylic acids is 1. The Morgan fingerprint density at radius 2 is 1.78 bits per heavy atom. The van der Waals surface area contributed by atoms with Crippen LogP contribution in [0.3, 0.4) is 0 Å². The van der Waals surface area contributed by atoms with E-state index in [0.29, 0.717) is 19.3 Å². The molecule has 0 aliphatic carbocycles. The summed E-state index contributed by atoms with van der Waals surface area (Å²) < 4.78 is 2.08. The van der Waals surface area contributed by atoms with Crippen molar-refractivity contribution in [1.82, 2.24) is 14.9 Å². The van der Waals surface area contributed by atoms with Crippen LogP contribution < -0.4 is 5.32 Å². The van der Waals surface area contributed by atoms with Crippen LogP contribution in [0.15, 0.2) is 54.6 Å². The number of aliphatic carboxylic acids is 1. The number of carboxylic acid groups (broad SMARTS) is 1. The Morgan fingerprint density at radius 1 is 1.07 bits per heavy atom. The number of fused-ring (bicyclic) bond motifs is 1. The first-order valence-corrected chi connectivity index (χ1v) is 9.07. The molecule has 0 spiro atoms. The summed E-state index contributed by atoms with van der Waals surface area (Å²) in [6, 6.07) is 17.7. The highest BCUT2D eigenvalue weighted by Crippen LogP contribution is 2.22. The third-order valence-electron chi connectivity index (χ3n) is 4.42. The summed E-state index contributed by atoms with van der Waals surface area (Å²) in [7, 11) is 0. The lowest BCUT2D eigenvalue weighted by Crippen LogP contribution is -2.33. The van der Waals surface area contributed by atoms with E-state index in [1.165, 1.54) is 0 Å². The van der Waals surface area contributed by atoms with Crippen molar-refractivity contribution in [3.63, 3.8) is 0 Å². The van der Waals surface area contributed by atoms with Crippen molar-refractivity contribution in [3.05, 3.63) is 60.4 Å². The van der Waals surface area contributed by atoms with E-state index < -0.39 is 5.97 Å². The van der Waals surface area contributed by atoms with Crippen molar-refractivity contribution in [2.24, 2.45) is 0 Å². The predicted molar refractivity (Wildman–Crippen MR) is 104 cm³/mol. The van der Waals surface area contributed by atoms with Crippen LogP contribution in [0.1, 0.15) is 32.0 Å². The lowest BCUT2D eigenvalue weighted by atomic mass is 10.1. The standard InChI is InChI=1S/C21H23N3O3/c1-15(11-14-21(26)27)22-20(25)13-12-19-23-17-9-5-6-10-18(17)24(19)16-7-3-2-4-8-16/h2-10,15H,11-14H2,1H3,(H,22,25)(H,26,27). The van der Waals surface area contributed by atoms with Gasteiger partial charge in [0.05, 0.1) is 11.0 Å². The largest absolute Gasteiger partial charge is 0.481 e. The van der Waals surface area contributed by atoms with Gasteiger partial charge in [0.25, 0.3) is 0 Å². The first-order chi connectivity index (χ1) is 13.0. The number of aromatic nitrogens is 2. The van der Waals surface area contributed by atoms with Gasteiger partial charge >= 0.3 is 5.97 Å². The normalized spacial score (nSPS) is 12.0. The highest BCUT2D eigenvalue weighted by atomic mass is 16.4. The van der Waals surface area contributed by atoms with Gasteiger partial charge in [-0.25, -0.2) is 4.98 Å². The van der Waals surface area contributed by atoms with Gasteiger partial charge < -0.3 is 10.4 Å². The first-order valence-electron chi connectivity index (χ1n) is 9.07. The van der Waals surface area contributed by atoms with Crippen molar-refractivity contribution >= 4 is 22.9 Å². The topological polar surface area (TPSA) is 84.2 Å². The second-order valence-electron chi connectivity index (χ2n) is 6.59. The first kappa shape index (κ1) is 18.6. The van der Waals surface area contributed by atoms with Crippen molar-refractivity contribution < 1.29 is 14.7 Å². The zero-order valence-electron chi connectivity index (χ0n) is 15.3. The van der Waals surface area contributed by atoms with Crippen LogP contribution in [0.4, 0.5) is 0 Å². The summed E-state index contributed by atoms with van der Waals surface area (Å²) in [5, 5.41) is 11.6. The molecule has 1 heterocycles. The molecule has 0 fully saturated rings. The summed E-state index contributed by atoms with van der Waals surface area (Å²) >= 11 is 0. The fraction of sp³-hybridized carbons (Fsp3) is 0.286. The molecule has 0 saturated heterocycles. The van der Waals surface area contributed by atoms with Gasteiger partial charge in [-0.15, -0.1) is 0 Å². The highest BCUT2D eigenvalue weighted by molar-refractivity contribution is 5.79. The van der Waals surface area contributed by atoms with E-state index in [1.807, 2.05) is 61.5 Å². The molecule has 3 aromatic rings. The molecule has 1 amide bonds. The number of amides is 1. The number of para-hydroxylation sites is 3. The van der Waals surface area contributed by atoms with Crippen LogP contribution in [0.5, 0.6) is 0 Å². The molecule has 3 rings (SSSR count). The molecule has 6 nitrogen and oxygen atoms in total. The number of nitrogens with zero attached hydrogens (tertiary/aromatic N) is 2. The maximum atomic E-state index is 12.2. The molecule has 2 N–H and O–H groups in total. The van der Waals surface area contributed by atoms with Gasteiger partial charge in [-0.2, -0.15) is 0 Å². The molecule has 1 aromatic heterocycles. The summed E-state index contributed by atoms with van der Waals surface area (Å²) in [6.07, 6.45) is 1.27. The van der Waals surface area contributed by atoms with Gasteiger partial charge in [-0.3, -0.25) is 14.2 Å². The number of hydrogen-bond acceptors (Lipinski definition) is 3. The van der Waals surface area contributed by atoms with Crippen LogP contribution in [0.25, 0.3) is 16.7 Å². The maximum absolute atomic E-state index is 12.2. The molecule has 0 bridgehead atoms. The number of carbonyl (C=O) groups is 2. The third-order valence-corrected chi connectivity index (χ3v) is 4.42. The van der Waals surface area contributed by atoms with Gasteiger partial charge in [0.1, 0.15) is 5.82 Å². The molecule has 0 saturated carbocycles. The summed E-state index contributed by atoms with van der Waals surface area (Å²) in [6.45, 7) is 1.82. The number of benzene rings is 2. The highest BCUT2D eigenvalue weighted by Gasteiger charge is 2.15. The Morgan fingerprint density at radius 3 is 2.52 bits per heavy atom.